The highest BCUT2D eigenvalue weighted by Crippen LogP contribution is 2.50. The van der Waals surface area contributed by atoms with Crippen molar-refractivity contribution in [3.8, 4) is 0 Å². The van der Waals surface area contributed by atoms with Crippen molar-refractivity contribution in [3.63, 3.8) is 0 Å². The molecule has 1 aromatic carbocycles. The second-order valence-corrected chi connectivity index (χ2v) is 10.0. The van der Waals surface area contributed by atoms with Crippen molar-refractivity contribution in [2.45, 2.75) is 74.5 Å². The van der Waals surface area contributed by atoms with Crippen LogP contribution in [0.4, 0.5) is 5.69 Å². The van der Waals surface area contributed by atoms with Gasteiger partial charge in [-0.1, -0.05) is 81.5 Å². The highest BCUT2D eigenvalue weighted by atomic mass is 32.2. The van der Waals surface area contributed by atoms with Gasteiger partial charge in [-0.25, -0.2) is 9.88 Å². The van der Waals surface area contributed by atoms with E-state index in [1.807, 2.05) is 36.4 Å². The summed E-state index contributed by atoms with van der Waals surface area (Å²) in [6.45, 7) is 2.19. The van der Waals surface area contributed by atoms with Crippen LogP contribution < -0.4 is 4.90 Å². The Bertz CT molecular complexity index is 954. The van der Waals surface area contributed by atoms with Gasteiger partial charge in [0, 0.05) is 12.6 Å². The van der Waals surface area contributed by atoms with Gasteiger partial charge in [0.15, 0.2) is 0 Å². The Labute approximate surface area is 206 Å². The average Bonchev–Trinajstić information content (AvgIpc) is 3.06. The fourth-order valence-corrected chi connectivity index (χ4v) is 5.91. The van der Waals surface area contributed by atoms with Crippen LogP contribution in [0.15, 0.2) is 59.8 Å². The number of pyridine rings is 1. The third kappa shape index (κ3) is 6.06. The van der Waals surface area contributed by atoms with E-state index in [0.717, 1.165) is 19.3 Å². The molecule has 1 aliphatic rings. The van der Waals surface area contributed by atoms with E-state index in [0.29, 0.717) is 17.1 Å². The van der Waals surface area contributed by atoms with E-state index in [-0.39, 0.29) is 24.7 Å². The number of hydrogen-bond acceptors (Lipinski definition) is 6. The molecular formula is C27H34N2O4S. The van der Waals surface area contributed by atoms with Crippen LogP contribution in [-0.2, 0) is 19.1 Å². The molecule has 0 saturated carbocycles. The van der Waals surface area contributed by atoms with Gasteiger partial charge in [0.25, 0.3) is 5.91 Å². The summed E-state index contributed by atoms with van der Waals surface area (Å²) in [5.41, 5.74) is 0.562. The van der Waals surface area contributed by atoms with Crippen LogP contribution in [0.2, 0.25) is 0 Å². The number of unbranched alkanes of at least 4 members (excludes halogenated alkanes) is 5. The number of carbonyl (C=O) groups is 3. The predicted molar refractivity (Wildman–Crippen MR) is 134 cm³/mol. The third-order valence-electron chi connectivity index (χ3n) is 6.36. The van der Waals surface area contributed by atoms with Crippen molar-refractivity contribution < 1.29 is 19.1 Å². The van der Waals surface area contributed by atoms with Gasteiger partial charge in [-0.2, -0.15) is 0 Å². The van der Waals surface area contributed by atoms with Crippen LogP contribution in [0.5, 0.6) is 0 Å². The lowest BCUT2D eigenvalue weighted by Gasteiger charge is -2.30. The number of amides is 2. The number of esters is 1. The number of hydrogen-bond donors (Lipinski definition) is 0. The summed E-state index contributed by atoms with van der Waals surface area (Å²) >= 11 is 1.31. The molecule has 2 aromatic rings. The molecule has 7 heteroatoms. The maximum Gasteiger partial charge on any atom is 0.305 e. The zero-order valence-corrected chi connectivity index (χ0v) is 20.9. The van der Waals surface area contributed by atoms with Crippen LogP contribution in [0.25, 0.3) is 0 Å². The molecule has 1 saturated heterocycles. The number of thioether (sulfide) groups is 1. The predicted octanol–water partition coefficient (Wildman–Crippen LogP) is 5.81. The molecule has 182 valence electrons. The van der Waals surface area contributed by atoms with Crippen molar-refractivity contribution in [1.82, 2.24) is 4.98 Å². The van der Waals surface area contributed by atoms with Gasteiger partial charge in [-0.15, -0.1) is 0 Å². The molecule has 2 unspecified atom stereocenters. The lowest BCUT2D eigenvalue weighted by molar-refractivity contribution is -0.141. The highest BCUT2D eigenvalue weighted by molar-refractivity contribution is 8.01. The summed E-state index contributed by atoms with van der Waals surface area (Å²) in [4.78, 5) is 45.6. The number of ether oxygens (including phenoxy) is 1. The molecule has 34 heavy (non-hydrogen) atoms. The second-order valence-electron chi connectivity index (χ2n) is 8.66. The summed E-state index contributed by atoms with van der Waals surface area (Å²) in [6, 6.07) is 14.6. The number of benzene rings is 1. The summed E-state index contributed by atoms with van der Waals surface area (Å²) in [6.07, 6.45) is 9.12. The Kier molecular flexibility index (Phi) is 9.69. The number of nitrogens with zero attached hydrogens (tertiary/aromatic N) is 2. The molecule has 3 rings (SSSR count). The molecule has 2 atom stereocenters. The largest absolute Gasteiger partial charge is 0.469 e. The fourth-order valence-electron chi connectivity index (χ4n) is 4.53. The Hall–Kier alpha value is -2.67. The first kappa shape index (κ1) is 25.9. The molecule has 1 aromatic heterocycles. The standard InChI is InChI=1S/C27H34N2O4S/c1-3-4-5-6-7-11-16-22-25(31)29(21-14-9-8-10-15-21)26(32)27(22,19-18-24(30)33-2)34-23-17-12-13-20-28-23/h8-10,12-15,17,20,22H,3-7,11,16,18-19H2,1-2H3. The van der Waals surface area contributed by atoms with E-state index >= 15 is 0 Å². The van der Waals surface area contributed by atoms with Crippen molar-refractivity contribution in [1.29, 1.82) is 0 Å². The number of methoxy groups -OCH3 is 1. The smallest absolute Gasteiger partial charge is 0.305 e. The van der Waals surface area contributed by atoms with Crippen molar-refractivity contribution in [2.24, 2.45) is 5.92 Å². The van der Waals surface area contributed by atoms with Crippen LogP contribution in [0.3, 0.4) is 0 Å². The average molecular weight is 483 g/mol. The second kappa shape index (κ2) is 12.7. The van der Waals surface area contributed by atoms with E-state index in [9.17, 15) is 14.4 Å². The van der Waals surface area contributed by atoms with Crippen molar-refractivity contribution in [3.05, 3.63) is 54.7 Å². The van der Waals surface area contributed by atoms with Crippen molar-refractivity contribution in [2.75, 3.05) is 12.0 Å². The number of imide groups is 1. The Morgan fingerprint density at radius 2 is 1.74 bits per heavy atom. The first-order valence-corrected chi connectivity index (χ1v) is 13.0. The Balaban J connectivity index is 1.95. The molecular weight excluding hydrogens is 448 g/mol. The third-order valence-corrected chi connectivity index (χ3v) is 7.84. The number of rotatable bonds is 13. The lowest BCUT2D eigenvalue weighted by Crippen LogP contribution is -2.41. The maximum absolute atomic E-state index is 14.0. The summed E-state index contributed by atoms with van der Waals surface area (Å²) < 4.78 is 3.76. The van der Waals surface area contributed by atoms with Gasteiger partial charge < -0.3 is 4.74 Å². The van der Waals surface area contributed by atoms with Gasteiger partial charge in [0.2, 0.25) is 5.91 Å². The molecule has 0 N–H and O–H groups in total. The summed E-state index contributed by atoms with van der Waals surface area (Å²) in [7, 11) is 1.34. The van der Waals surface area contributed by atoms with Gasteiger partial charge >= 0.3 is 5.97 Å². The molecule has 0 bridgehead atoms. The number of para-hydroxylation sites is 1. The van der Waals surface area contributed by atoms with Crippen LogP contribution in [0, 0.1) is 5.92 Å². The summed E-state index contributed by atoms with van der Waals surface area (Å²) in [5.74, 6) is -1.40. The summed E-state index contributed by atoms with van der Waals surface area (Å²) in [5, 5.41) is 0.663. The van der Waals surface area contributed by atoms with Crippen LogP contribution in [-0.4, -0.2) is 34.6 Å². The normalized spacial score (nSPS) is 20.1. The SMILES string of the molecule is CCCCCCCCC1C(=O)N(c2ccccc2)C(=O)C1(CCC(=O)OC)Sc1ccccn1. The van der Waals surface area contributed by atoms with Gasteiger partial charge in [-0.05, 0) is 37.1 Å². The molecule has 0 spiro atoms. The van der Waals surface area contributed by atoms with Crippen LogP contribution in [0.1, 0.15) is 64.7 Å². The number of carbonyl (C=O) groups excluding carboxylic acids is 3. The minimum atomic E-state index is -1.11. The zero-order valence-electron chi connectivity index (χ0n) is 20.1. The highest BCUT2D eigenvalue weighted by Gasteiger charge is 2.60. The molecule has 1 aliphatic heterocycles. The van der Waals surface area contributed by atoms with E-state index in [4.69, 9.17) is 4.74 Å². The van der Waals surface area contributed by atoms with E-state index in [1.54, 1.807) is 18.3 Å². The zero-order chi connectivity index (χ0) is 24.4. The van der Waals surface area contributed by atoms with Crippen molar-refractivity contribution >= 4 is 35.2 Å². The quantitative estimate of drug-likeness (QED) is 0.204. The van der Waals surface area contributed by atoms with E-state index in [1.165, 1.54) is 43.0 Å². The molecule has 0 aliphatic carbocycles. The fraction of sp³-hybridized carbons (Fsp3) is 0.481. The van der Waals surface area contributed by atoms with Gasteiger partial charge in [0.1, 0.15) is 4.75 Å². The minimum Gasteiger partial charge on any atom is -0.469 e. The topological polar surface area (TPSA) is 76.6 Å². The Morgan fingerprint density at radius 1 is 1.03 bits per heavy atom. The van der Waals surface area contributed by atoms with E-state index < -0.39 is 16.6 Å². The van der Waals surface area contributed by atoms with E-state index in [2.05, 4.69) is 11.9 Å². The van der Waals surface area contributed by atoms with Crippen LogP contribution >= 0.6 is 11.8 Å². The number of aromatic nitrogens is 1. The monoisotopic (exact) mass is 482 g/mol. The Morgan fingerprint density at radius 3 is 2.41 bits per heavy atom. The number of anilines is 1. The lowest BCUT2D eigenvalue weighted by atomic mass is 9.85. The van der Waals surface area contributed by atoms with Gasteiger partial charge in [-0.3, -0.25) is 14.4 Å². The first-order chi connectivity index (χ1) is 16.5. The van der Waals surface area contributed by atoms with Gasteiger partial charge in [0.05, 0.1) is 23.7 Å². The first-order valence-electron chi connectivity index (χ1n) is 12.1. The molecule has 2 amide bonds. The molecule has 6 nitrogen and oxygen atoms in total. The molecule has 2 heterocycles. The maximum atomic E-state index is 14.0. The molecule has 0 radical (unpaired) electrons. The molecule has 1 fully saturated rings. The minimum absolute atomic E-state index is 0.0605.